The Morgan fingerprint density at radius 2 is 1.44 bits per heavy atom. The summed E-state index contributed by atoms with van der Waals surface area (Å²) in [5.41, 5.74) is 0.655. The molecule has 1 amide bonds. The number of esters is 1. The van der Waals surface area contributed by atoms with E-state index in [2.05, 4.69) is 12.2 Å². The normalized spacial score (nSPS) is 10.5. The second-order valence-corrected chi connectivity index (χ2v) is 6.27. The molecule has 0 saturated carbocycles. The van der Waals surface area contributed by atoms with Crippen LogP contribution in [0.4, 0.5) is 5.69 Å². The lowest BCUT2D eigenvalue weighted by Crippen LogP contribution is -2.12. The first-order valence-corrected chi connectivity index (χ1v) is 9.34. The van der Waals surface area contributed by atoms with Gasteiger partial charge in [-0.1, -0.05) is 58.3 Å². The van der Waals surface area contributed by atoms with Crippen molar-refractivity contribution < 1.29 is 19.4 Å². The van der Waals surface area contributed by atoms with Gasteiger partial charge in [0, 0.05) is 12.1 Å². The van der Waals surface area contributed by atoms with Crippen LogP contribution in [0.15, 0.2) is 24.3 Å². The maximum atomic E-state index is 11.9. The third-order valence-electron chi connectivity index (χ3n) is 4.00. The van der Waals surface area contributed by atoms with Gasteiger partial charge >= 0.3 is 5.97 Å². The predicted octanol–water partition coefficient (Wildman–Crippen LogP) is 4.88. The van der Waals surface area contributed by atoms with Gasteiger partial charge in [0.15, 0.2) is 6.61 Å². The molecule has 5 nitrogen and oxygen atoms in total. The number of unbranched alkanes of at least 4 members (excludes halogenated alkanes) is 8. The molecule has 0 saturated heterocycles. The SMILES string of the molecule is CCCCCCCCCCCC(=O)Nc1ccc(OC(=O)C[O])cc1. The fourth-order valence-electron chi connectivity index (χ4n) is 2.59. The number of rotatable bonds is 13. The molecule has 0 atom stereocenters. The van der Waals surface area contributed by atoms with Crippen LogP contribution in [0.25, 0.3) is 0 Å². The van der Waals surface area contributed by atoms with Crippen LogP contribution in [0, 0.1) is 0 Å². The number of hydrogen-bond acceptors (Lipinski definition) is 3. The molecule has 1 radical (unpaired) electrons. The highest BCUT2D eigenvalue weighted by molar-refractivity contribution is 5.90. The van der Waals surface area contributed by atoms with Crippen molar-refractivity contribution in [3.05, 3.63) is 24.3 Å². The number of amides is 1. The minimum atomic E-state index is -0.906. The molecular formula is C20H30NO4. The summed E-state index contributed by atoms with van der Waals surface area (Å²) in [5, 5.41) is 13.2. The van der Waals surface area contributed by atoms with Crippen molar-refractivity contribution in [3.63, 3.8) is 0 Å². The second kappa shape index (κ2) is 13.4. The first-order valence-electron chi connectivity index (χ1n) is 9.34. The monoisotopic (exact) mass is 348 g/mol. The Kier molecular flexibility index (Phi) is 11.4. The van der Waals surface area contributed by atoms with Gasteiger partial charge in [0.25, 0.3) is 0 Å². The average Bonchev–Trinajstić information content (AvgIpc) is 2.62. The molecule has 5 heteroatoms. The number of carbonyl (C=O) groups excluding carboxylic acids is 2. The van der Waals surface area contributed by atoms with Gasteiger partial charge in [0.1, 0.15) is 5.75 Å². The highest BCUT2D eigenvalue weighted by Crippen LogP contribution is 2.16. The molecule has 1 rings (SSSR count). The third-order valence-corrected chi connectivity index (χ3v) is 4.00. The van der Waals surface area contributed by atoms with Gasteiger partial charge in [0.05, 0.1) is 0 Å². The van der Waals surface area contributed by atoms with Gasteiger partial charge in [-0.05, 0) is 30.7 Å². The Hall–Kier alpha value is -1.88. The first kappa shape index (κ1) is 21.2. The van der Waals surface area contributed by atoms with Crippen molar-refractivity contribution >= 4 is 17.6 Å². The Morgan fingerprint density at radius 3 is 2.00 bits per heavy atom. The predicted molar refractivity (Wildman–Crippen MR) is 98.1 cm³/mol. The average molecular weight is 348 g/mol. The van der Waals surface area contributed by atoms with E-state index in [0.29, 0.717) is 17.9 Å². The molecule has 0 unspecified atom stereocenters. The van der Waals surface area contributed by atoms with Crippen LogP contribution < -0.4 is 10.1 Å². The summed E-state index contributed by atoms with van der Waals surface area (Å²) in [7, 11) is 0. The molecule has 0 spiro atoms. The number of anilines is 1. The van der Waals surface area contributed by atoms with E-state index in [1.165, 1.54) is 44.9 Å². The van der Waals surface area contributed by atoms with Crippen molar-refractivity contribution in [2.75, 3.05) is 11.9 Å². The molecule has 139 valence electrons. The standard InChI is InChI=1S/C20H30NO4/c1-2-3-4-5-6-7-8-9-10-11-19(23)21-17-12-14-18(15-13-17)25-20(24)16-22/h12-15H,2-11,16H2,1H3,(H,21,23). The molecule has 1 aromatic carbocycles. The number of ether oxygens (including phenoxy) is 1. The van der Waals surface area contributed by atoms with Crippen LogP contribution >= 0.6 is 0 Å². The van der Waals surface area contributed by atoms with E-state index in [0.717, 1.165) is 12.8 Å². The third kappa shape index (κ3) is 10.6. The van der Waals surface area contributed by atoms with Crippen LogP contribution in [-0.2, 0) is 14.7 Å². The maximum Gasteiger partial charge on any atom is 0.340 e. The lowest BCUT2D eigenvalue weighted by Gasteiger charge is -2.07. The largest absolute Gasteiger partial charge is 0.425 e. The van der Waals surface area contributed by atoms with Gasteiger partial charge in [-0.3, -0.25) is 4.79 Å². The minimum absolute atomic E-state index is 0.00718. The topological polar surface area (TPSA) is 75.3 Å². The summed E-state index contributed by atoms with van der Waals surface area (Å²) in [6.07, 6.45) is 11.5. The molecule has 0 aromatic heterocycles. The molecule has 0 aliphatic carbocycles. The van der Waals surface area contributed by atoms with Crippen molar-refractivity contribution in [2.24, 2.45) is 0 Å². The zero-order valence-electron chi connectivity index (χ0n) is 15.2. The molecule has 0 heterocycles. The van der Waals surface area contributed by atoms with Crippen LogP contribution in [0.3, 0.4) is 0 Å². The van der Waals surface area contributed by atoms with E-state index in [9.17, 15) is 14.7 Å². The summed E-state index contributed by atoms with van der Waals surface area (Å²) in [6, 6.07) is 6.42. The number of carbonyl (C=O) groups is 2. The molecule has 0 aliphatic rings. The number of benzene rings is 1. The fraction of sp³-hybridized carbons (Fsp3) is 0.600. The van der Waals surface area contributed by atoms with Crippen LogP contribution in [-0.4, -0.2) is 18.5 Å². The number of hydrogen-bond donors (Lipinski definition) is 1. The van der Waals surface area contributed by atoms with Gasteiger partial charge < -0.3 is 10.1 Å². The van der Waals surface area contributed by atoms with Crippen LogP contribution in [0.1, 0.15) is 71.1 Å². The van der Waals surface area contributed by atoms with Gasteiger partial charge in [-0.2, -0.15) is 0 Å². The molecule has 0 aliphatic heterocycles. The fourth-order valence-corrected chi connectivity index (χ4v) is 2.59. The summed E-state index contributed by atoms with van der Waals surface area (Å²) < 4.78 is 4.79. The zero-order chi connectivity index (χ0) is 18.3. The minimum Gasteiger partial charge on any atom is -0.425 e. The smallest absolute Gasteiger partial charge is 0.340 e. The maximum absolute atomic E-state index is 11.9. The molecule has 0 fully saturated rings. The van der Waals surface area contributed by atoms with E-state index >= 15 is 0 Å². The van der Waals surface area contributed by atoms with Gasteiger partial charge in [-0.25, -0.2) is 9.90 Å². The van der Waals surface area contributed by atoms with Crippen LogP contribution in [0.2, 0.25) is 0 Å². The van der Waals surface area contributed by atoms with E-state index in [1.54, 1.807) is 24.3 Å². The Bertz CT molecular complexity index is 499. The summed E-state index contributed by atoms with van der Waals surface area (Å²) >= 11 is 0. The van der Waals surface area contributed by atoms with Crippen molar-refractivity contribution in [2.45, 2.75) is 71.1 Å². The van der Waals surface area contributed by atoms with Gasteiger partial charge in [-0.15, -0.1) is 0 Å². The van der Waals surface area contributed by atoms with E-state index in [-0.39, 0.29) is 5.91 Å². The van der Waals surface area contributed by atoms with E-state index in [1.807, 2.05) is 0 Å². The highest BCUT2D eigenvalue weighted by atomic mass is 16.5. The Balaban J connectivity index is 2.11. The molecule has 1 N–H and O–H groups in total. The molecule has 1 aromatic rings. The summed E-state index contributed by atoms with van der Waals surface area (Å²) in [4.78, 5) is 22.8. The lowest BCUT2D eigenvalue weighted by molar-refractivity contribution is -0.139. The summed E-state index contributed by atoms with van der Waals surface area (Å²) in [5.74, 6) is -0.521. The summed E-state index contributed by atoms with van der Waals surface area (Å²) in [6.45, 7) is 1.32. The van der Waals surface area contributed by atoms with Crippen molar-refractivity contribution in [1.82, 2.24) is 0 Å². The van der Waals surface area contributed by atoms with Crippen LogP contribution in [0.5, 0.6) is 5.75 Å². The second-order valence-electron chi connectivity index (χ2n) is 6.27. The zero-order valence-corrected chi connectivity index (χ0v) is 15.2. The molecular weight excluding hydrogens is 318 g/mol. The Morgan fingerprint density at radius 1 is 0.880 bits per heavy atom. The van der Waals surface area contributed by atoms with Gasteiger partial charge in [0.2, 0.25) is 5.91 Å². The highest BCUT2D eigenvalue weighted by Gasteiger charge is 2.05. The van der Waals surface area contributed by atoms with E-state index < -0.39 is 12.6 Å². The lowest BCUT2D eigenvalue weighted by atomic mass is 10.1. The molecule has 0 bridgehead atoms. The first-order chi connectivity index (χ1) is 12.2. The van der Waals surface area contributed by atoms with Crippen molar-refractivity contribution in [3.8, 4) is 5.75 Å². The Labute approximate surface area is 150 Å². The molecule has 25 heavy (non-hydrogen) atoms. The number of nitrogens with one attached hydrogen (secondary N) is 1. The quantitative estimate of drug-likeness (QED) is 0.313. The van der Waals surface area contributed by atoms with Crippen molar-refractivity contribution in [1.29, 1.82) is 0 Å². The van der Waals surface area contributed by atoms with E-state index in [4.69, 9.17) is 4.74 Å².